The lowest BCUT2D eigenvalue weighted by Gasteiger charge is -2.33. The van der Waals surface area contributed by atoms with Crippen LogP contribution in [0.25, 0.3) is 0 Å². The van der Waals surface area contributed by atoms with E-state index in [-0.39, 0.29) is 17.6 Å². The minimum absolute atomic E-state index is 0.209. The average Bonchev–Trinajstić information content (AvgIpc) is 2.77. The number of nitrogens with one attached hydrogen (secondary N) is 1. The molecule has 0 unspecified atom stereocenters. The molecule has 1 N–H and O–H groups in total. The first-order valence-electron chi connectivity index (χ1n) is 5.75. The number of fused-ring (bicyclic) bond motifs is 3. The number of anilines is 2. The van der Waals surface area contributed by atoms with E-state index in [1.165, 1.54) is 6.07 Å². The average molecular weight is 256 g/mol. The Morgan fingerprint density at radius 1 is 1.33 bits per heavy atom. The first-order valence-corrected chi connectivity index (χ1v) is 5.75. The minimum atomic E-state index is -4.39. The van der Waals surface area contributed by atoms with Gasteiger partial charge in [0.2, 0.25) is 5.91 Å². The van der Waals surface area contributed by atoms with Gasteiger partial charge in [0.15, 0.2) is 0 Å². The number of nitrogens with zero attached hydrogens (tertiary/aromatic N) is 1. The Kier molecular flexibility index (Phi) is 2.30. The normalized spacial score (nSPS) is 22.5. The largest absolute Gasteiger partial charge is 0.416 e. The monoisotopic (exact) mass is 256 g/mol. The molecule has 0 aliphatic carbocycles. The Morgan fingerprint density at radius 3 is 2.83 bits per heavy atom. The lowest BCUT2D eigenvalue weighted by molar-refractivity contribution is -0.137. The summed E-state index contributed by atoms with van der Waals surface area (Å²) in [4.78, 5) is 13.6. The van der Waals surface area contributed by atoms with Gasteiger partial charge in [0.05, 0.1) is 16.9 Å². The van der Waals surface area contributed by atoms with Gasteiger partial charge in [-0.25, -0.2) is 0 Å². The third kappa shape index (κ3) is 1.63. The van der Waals surface area contributed by atoms with Gasteiger partial charge in [0.25, 0.3) is 0 Å². The van der Waals surface area contributed by atoms with Crippen molar-refractivity contribution in [1.82, 2.24) is 0 Å². The van der Waals surface area contributed by atoms with Crippen LogP contribution in [0.3, 0.4) is 0 Å². The number of alkyl halides is 3. The van der Waals surface area contributed by atoms with Gasteiger partial charge in [-0.2, -0.15) is 13.2 Å². The quantitative estimate of drug-likeness (QED) is 0.774. The molecule has 1 saturated heterocycles. The van der Waals surface area contributed by atoms with Crippen LogP contribution in [0, 0.1) is 0 Å². The van der Waals surface area contributed by atoms with Crippen molar-refractivity contribution in [2.45, 2.75) is 25.1 Å². The van der Waals surface area contributed by atoms with Crippen molar-refractivity contribution >= 4 is 17.3 Å². The maximum atomic E-state index is 12.6. The van der Waals surface area contributed by atoms with Crippen molar-refractivity contribution in [1.29, 1.82) is 0 Å². The molecule has 0 radical (unpaired) electrons. The summed E-state index contributed by atoms with van der Waals surface area (Å²) in [6.07, 6.45) is -2.74. The van der Waals surface area contributed by atoms with Gasteiger partial charge in [-0.1, -0.05) is 0 Å². The molecule has 0 aromatic heterocycles. The highest BCUT2D eigenvalue weighted by atomic mass is 19.4. The molecule has 3 rings (SSSR count). The fourth-order valence-corrected chi connectivity index (χ4v) is 2.61. The molecule has 0 spiro atoms. The predicted molar refractivity (Wildman–Crippen MR) is 60.4 cm³/mol. The molecule has 3 nitrogen and oxygen atoms in total. The molecule has 0 bridgehead atoms. The van der Waals surface area contributed by atoms with Gasteiger partial charge in [0, 0.05) is 6.54 Å². The van der Waals surface area contributed by atoms with Crippen LogP contribution in [0.1, 0.15) is 18.4 Å². The number of amides is 1. The van der Waals surface area contributed by atoms with E-state index in [1.807, 2.05) is 4.90 Å². The Morgan fingerprint density at radius 2 is 2.11 bits per heavy atom. The molecule has 2 aliphatic heterocycles. The third-order valence-corrected chi connectivity index (χ3v) is 3.45. The summed E-state index contributed by atoms with van der Waals surface area (Å²) in [7, 11) is 0. The second-order valence-electron chi connectivity index (χ2n) is 4.57. The second-order valence-corrected chi connectivity index (χ2v) is 4.57. The van der Waals surface area contributed by atoms with Crippen LogP contribution in [0.15, 0.2) is 18.2 Å². The number of rotatable bonds is 0. The van der Waals surface area contributed by atoms with Crippen molar-refractivity contribution in [3.8, 4) is 0 Å². The van der Waals surface area contributed by atoms with Crippen molar-refractivity contribution < 1.29 is 18.0 Å². The summed E-state index contributed by atoms with van der Waals surface area (Å²) in [6, 6.07) is 3.28. The van der Waals surface area contributed by atoms with Crippen molar-refractivity contribution in [2.75, 3.05) is 16.8 Å². The summed E-state index contributed by atoms with van der Waals surface area (Å²) in [6.45, 7) is 0.719. The number of halogens is 3. The zero-order chi connectivity index (χ0) is 12.9. The molecule has 96 valence electrons. The fourth-order valence-electron chi connectivity index (χ4n) is 2.61. The van der Waals surface area contributed by atoms with Crippen LogP contribution in [0.5, 0.6) is 0 Å². The predicted octanol–water partition coefficient (Wildman–Crippen LogP) is 2.63. The van der Waals surface area contributed by atoms with E-state index >= 15 is 0 Å². The Bertz CT molecular complexity index is 513. The zero-order valence-corrected chi connectivity index (χ0v) is 9.42. The van der Waals surface area contributed by atoms with E-state index in [1.54, 1.807) is 0 Å². The lowest BCUT2D eigenvalue weighted by atomic mass is 10.1. The lowest BCUT2D eigenvalue weighted by Crippen LogP contribution is -2.43. The fraction of sp³-hybridized carbons (Fsp3) is 0.417. The molecular weight excluding hydrogens is 245 g/mol. The van der Waals surface area contributed by atoms with Gasteiger partial charge < -0.3 is 10.2 Å². The molecule has 2 aliphatic rings. The molecule has 1 fully saturated rings. The van der Waals surface area contributed by atoms with Crippen LogP contribution in [-0.4, -0.2) is 18.5 Å². The van der Waals surface area contributed by atoms with Gasteiger partial charge in [-0.15, -0.1) is 0 Å². The van der Waals surface area contributed by atoms with Crippen LogP contribution < -0.4 is 10.2 Å². The van der Waals surface area contributed by atoms with Crippen LogP contribution in [0.2, 0.25) is 0 Å². The van der Waals surface area contributed by atoms with Crippen LogP contribution in [-0.2, 0) is 11.0 Å². The minimum Gasteiger partial charge on any atom is -0.358 e. The second kappa shape index (κ2) is 3.63. The smallest absolute Gasteiger partial charge is 0.358 e. The molecule has 6 heteroatoms. The van der Waals surface area contributed by atoms with E-state index in [2.05, 4.69) is 5.32 Å². The highest BCUT2D eigenvalue weighted by molar-refractivity contribution is 6.04. The molecule has 0 saturated carbocycles. The summed E-state index contributed by atoms with van der Waals surface area (Å²) in [5.74, 6) is -0.209. The summed E-state index contributed by atoms with van der Waals surface area (Å²) >= 11 is 0. The number of carbonyl (C=O) groups is 1. The van der Waals surface area contributed by atoms with Crippen molar-refractivity contribution in [3.63, 3.8) is 0 Å². The van der Waals surface area contributed by atoms with Gasteiger partial charge >= 0.3 is 6.18 Å². The number of carbonyl (C=O) groups excluding carboxylic acids is 1. The van der Waals surface area contributed by atoms with Gasteiger partial charge in [-0.05, 0) is 31.0 Å². The maximum absolute atomic E-state index is 12.6. The zero-order valence-electron chi connectivity index (χ0n) is 9.42. The third-order valence-electron chi connectivity index (χ3n) is 3.45. The molecule has 2 heterocycles. The van der Waals surface area contributed by atoms with Gasteiger partial charge in [0.1, 0.15) is 6.04 Å². The standard InChI is InChI=1S/C12H11F3N2O/c13-12(14,15)7-3-4-9-8(6-7)16-11(18)10-2-1-5-17(9)10/h3-4,6,10H,1-2,5H2,(H,16,18)/t10-/m1/s1. The van der Waals surface area contributed by atoms with Gasteiger partial charge in [-0.3, -0.25) is 4.79 Å². The van der Waals surface area contributed by atoms with Crippen LogP contribution in [0.4, 0.5) is 24.5 Å². The Labute approximate surface area is 102 Å². The first-order chi connectivity index (χ1) is 8.47. The number of hydrogen-bond acceptors (Lipinski definition) is 2. The number of hydrogen-bond donors (Lipinski definition) is 1. The summed E-state index contributed by atoms with van der Waals surface area (Å²) < 4.78 is 37.8. The molecule has 1 atom stereocenters. The van der Waals surface area contributed by atoms with E-state index in [9.17, 15) is 18.0 Å². The van der Waals surface area contributed by atoms with E-state index < -0.39 is 11.7 Å². The first kappa shape index (κ1) is 11.4. The summed E-state index contributed by atoms with van der Waals surface area (Å²) in [5, 5.41) is 2.56. The van der Waals surface area contributed by atoms with E-state index in [0.29, 0.717) is 5.69 Å². The molecule has 1 aromatic carbocycles. The number of benzene rings is 1. The Balaban J connectivity index is 2.05. The molecule has 1 amide bonds. The topological polar surface area (TPSA) is 32.3 Å². The van der Waals surface area contributed by atoms with E-state index in [0.717, 1.165) is 31.5 Å². The highest BCUT2D eigenvalue weighted by Gasteiger charge is 2.38. The van der Waals surface area contributed by atoms with Crippen LogP contribution >= 0.6 is 0 Å². The summed E-state index contributed by atoms with van der Waals surface area (Å²) in [5.41, 5.74) is 0.206. The maximum Gasteiger partial charge on any atom is 0.416 e. The Hall–Kier alpha value is -1.72. The molecule has 18 heavy (non-hydrogen) atoms. The highest BCUT2D eigenvalue weighted by Crippen LogP contribution is 2.40. The van der Waals surface area contributed by atoms with E-state index in [4.69, 9.17) is 0 Å². The molecule has 1 aromatic rings. The van der Waals surface area contributed by atoms with Crippen molar-refractivity contribution in [2.24, 2.45) is 0 Å². The molecular formula is C12H11F3N2O. The SMILES string of the molecule is O=C1Nc2cc(C(F)(F)F)ccc2N2CCC[C@H]12. The van der Waals surface area contributed by atoms with Crippen molar-refractivity contribution in [3.05, 3.63) is 23.8 Å².